The van der Waals surface area contributed by atoms with Gasteiger partial charge in [0, 0.05) is 6.07 Å². The Labute approximate surface area is 119 Å². The Balaban J connectivity index is 0. The number of hydrogen-bond acceptors (Lipinski definition) is 6. The van der Waals surface area contributed by atoms with E-state index in [0.717, 1.165) is 19.2 Å². The van der Waals surface area contributed by atoms with Crippen molar-refractivity contribution in [3.8, 4) is 5.75 Å². The molecule has 0 aliphatic rings. The average Bonchev–Trinajstić information content (AvgIpc) is 2.30. The predicted molar refractivity (Wildman–Crippen MR) is 52.2 cm³/mol. The molecule has 1 rings (SSSR count). The summed E-state index contributed by atoms with van der Waals surface area (Å²) in [5.41, 5.74) is -0.751. The van der Waals surface area contributed by atoms with Crippen molar-refractivity contribution in [2.45, 2.75) is 0 Å². The minimum Gasteiger partial charge on any atom is -0.857 e. The molecule has 17 heavy (non-hydrogen) atoms. The minimum atomic E-state index is -0.730. The first-order chi connectivity index (χ1) is 7.56. The maximum absolute atomic E-state index is 10.5. The van der Waals surface area contributed by atoms with Crippen LogP contribution in [0.15, 0.2) is 18.2 Å². The Bertz CT molecular complexity index is 398. The van der Waals surface area contributed by atoms with Gasteiger partial charge in [-0.2, -0.15) is 7.11 Å². The zero-order chi connectivity index (χ0) is 12.7. The van der Waals surface area contributed by atoms with Crippen LogP contribution in [0.3, 0.4) is 0 Å². The summed E-state index contributed by atoms with van der Waals surface area (Å²) in [6, 6.07) is 3.20. The summed E-state index contributed by atoms with van der Waals surface area (Å²) in [5, 5.41) is 29.0. The Kier molecular flexibility index (Phi) is 9.48. The second-order valence-corrected chi connectivity index (χ2v) is 2.37. The van der Waals surface area contributed by atoms with Crippen LogP contribution in [0.1, 0.15) is 0 Å². The van der Waals surface area contributed by atoms with Gasteiger partial charge in [-0.15, -0.1) is 0 Å². The van der Waals surface area contributed by atoms with E-state index in [1.54, 1.807) is 0 Å². The standard InChI is InChI=1S/C7H6N2O5.CH3O.Na/c1-14-7-3-2-5(8(10)11)4-6(7)9(12)13;1-2;/h2-4H,1H3;1H3;/q;-1;+1. The number of non-ortho nitro benzene ring substituents is 1. The van der Waals surface area contributed by atoms with Crippen molar-refractivity contribution in [3.63, 3.8) is 0 Å². The van der Waals surface area contributed by atoms with E-state index in [9.17, 15) is 20.2 Å². The molecule has 0 heterocycles. The normalized spacial score (nSPS) is 8.18. The molecule has 0 aromatic heterocycles. The molecule has 0 fully saturated rings. The molecule has 0 aliphatic carbocycles. The molecule has 8 nitrogen and oxygen atoms in total. The summed E-state index contributed by atoms with van der Waals surface area (Å²) in [6.45, 7) is 0. The Morgan fingerprint density at radius 2 is 1.65 bits per heavy atom. The molecule has 0 unspecified atom stereocenters. The molecule has 1 aromatic carbocycles. The third kappa shape index (κ3) is 5.09. The molecule has 0 amide bonds. The number of nitrogens with zero attached hydrogens (tertiary/aromatic N) is 2. The Morgan fingerprint density at radius 3 is 2.00 bits per heavy atom. The van der Waals surface area contributed by atoms with Gasteiger partial charge in [0.1, 0.15) is 0 Å². The molecular formula is C8H9N2NaO6. The summed E-state index contributed by atoms with van der Waals surface area (Å²) in [5.74, 6) is 0.000556. The van der Waals surface area contributed by atoms with E-state index in [1.165, 1.54) is 13.2 Å². The number of benzene rings is 1. The van der Waals surface area contributed by atoms with Crippen molar-refractivity contribution in [3.05, 3.63) is 38.4 Å². The summed E-state index contributed by atoms with van der Waals surface area (Å²) in [6.07, 6.45) is 0. The van der Waals surface area contributed by atoms with Crippen molar-refractivity contribution in [2.75, 3.05) is 14.2 Å². The Morgan fingerprint density at radius 1 is 1.12 bits per heavy atom. The number of nitro benzene ring substituents is 2. The molecule has 88 valence electrons. The fourth-order valence-electron chi connectivity index (χ4n) is 0.935. The number of methoxy groups -OCH3 is 1. The average molecular weight is 252 g/mol. The topological polar surface area (TPSA) is 119 Å². The van der Waals surface area contributed by atoms with Crippen molar-refractivity contribution < 1.29 is 49.2 Å². The fraction of sp³-hybridized carbons (Fsp3) is 0.250. The maximum Gasteiger partial charge on any atom is 1.00 e. The van der Waals surface area contributed by atoms with Crippen LogP contribution in [-0.2, 0) is 0 Å². The first-order valence-electron chi connectivity index (χ1n) is 3.94. The smallest absolute Gasteiger partial charge is 0.857 e. The van der Waals surface area contributed by atoms with Gasteiger partial charge in [0.2, 0.25) is 0 Å². The predicted octanol–water partition coefficient (Wildman–Crippen LogP) is -2.51. The van der Waals surface area contributed by atoms with Crippen molar-refractivity contribution in [2.24, 2.45) is 0 Å². The molecule has 0 saturated carbocycles. The minimum absolute atomic E-state index is 0. The van der Waals surface area contributed by atoms with Crippen LogP contribution in [0.25, 0.3) is 0 Å². The van der Waals surface area contributed by atoms with Gasteiger partial charge < -0.3 is 9.84 Å². The van der Waals surface area contributed by atoms with Gasteiger partial charge >= 0.3 is 35.2 Å². The molecule has 1 aromatic rings. The molecule has 0 bridgehead atoms. The van der Waals surface area contributed by atoms with Gasteiger partial charge in [-0.3, -0.25) is 20.2 Å². The summed E-state index contributed by atoms with van der Waals surface area (Å²) in [4.78, 5) is 19.3. The van der Waals surface area contributed by atoms with Gasteiger partial charge in [0.25, 0.3) is 5.69 Å². The van der Waals surface area contributed by atoms with Crippen LogP contribution in [0.5, 0.6) is 5.75 Å². The van der Waals surface area contributed by atoms with E-state index in [2.05, 4.69) is 4.74 Å². The molecule has 0 saturated heterocycles. The largest absolute Gasteiger partial charge is 1.00 e. The monoisotopic (exact) mass is 252 g/mol. The molecule has 0 atom stereocenters. The van der Waals surface area contributed by atoms with E-state index < -0.39 is 15.5 Å². The third-order valence-corrected chi connectivity index (χ3v) is 1.57. The van der Waals surface area contributed by atoms with Crippen molar-refractivity contribution >= 4 is 11.4 Å². The van der Waals surface area contributed by atoms with Gasteiger partial charge in [-0.25, -0.2) is 0 Å². The molecule has 0 N–H and O–H groups in total. The quantitative estimate of drug-likeness (QED) is 0.333. The number of nitro groups is 2. The molecule has 0 radical (unpaired) electrons. The van der Waals surface area contributed by atoms with Crippen LogP contribution < -0.4 is 39.4 Å². The summed E-state index contributed by atoms with van der Waals surface area (Å²) in [7, 11) is 2.01. The Hall–Kier alpha value is -1.22. The summed E-state index contributed by atoms with van der Waals surface area (Å²) >= 11 is 0. The van der Waals surface area contributed by atoms with E-state index in [0.29, 0.717) is 0 Å². The van der Waals surface area contributed by atoms with Gasteiger partial charge in [-0.1, -0.05) is 0 Å². The zero-order valence-electron chi connectivity index (χ0n) is 9.58. The third-order valence-electron chi connectivity index (χ3n) is 1.57. The zero-order valence-corrected chi connectivity index (χ0v) is 11.6. The van der Waals surface area contributed by atoms with E-state index in [4.69, 9.17) is 5.11 Å². The van der Waals surface area contributed by atoms with Gasteiger partial charge in [-0.05, 0) is 6.07 Å². The van der Waals surface area contributed by atoms with Crippen LogP contribution in [0, 0.1) is 20.2 Å². The van der Waals surface area contributed by atoms with Gasteiger partial charge in [0.05, 0.1) is 23.0 Å². The molecule has 0 aliphatic heterocycles. The van der Waals surface area contributed by atoms with Crippen LogP contribution >= 0.6 is 0 Å². The van der Waals surface area contributed by atoms with E-state index in [-0.39, 0.29) is 41.0 Å². The maximum atomic E-state index is 10.5. The van der Waals surface area contributed by atoms with Crippen molar-refractivity contribution in [1.82, 2.24) is 0 Å². The first kappa shape index (κ1) is 18.2. The van der Waals surface area contributed by atoms with Crippen LogP contribution in [-0.4, -0.2) is 24.1 Å². The second kappa shape index (κ2) is 8.88. The number of rotatable bonds is 3. The number of ether oxygens (including phenoxy) is 1. The van der Waals surface area contributed by atoms with Gasteiger partial charge in [0.15, 0.2) is 5.75 Å². The number of hydrogen-bond donors (Lipinski definition) is 0. The molecule has 0 spiro atoms. The van der Waals surface area contributed by atoms with Crippen LogP contribution in [0.4, 0.5) is 11.4 Å². The second-order valence-electron chi connectivity index (χ2n) is 2.37. The summed E-state index contributed by atoms with van der Waals surface area (Å²) < 4.78 is 4.68. The van der Waals surface area contributed by atoms with Crippen molar-refractivity contribution in [1.29, 1.82) is 0 Å². The van der Waals surface area contributed by atoms with Crippen LogP contribution in [0.2, 0.25) is 0 Å². The molecule has 9 heteroatoms. The van der Waals surface area contributed by atoms with E-state index >= 15 is 0 Å². The molecular weight excluding hydrogens is 243 g/mol. The van der Waals surface area contributed by atoms with E-state index in [1.807, 2.05) is 0 Å². The first-order valence-corrected chi connectivity index (χ1v) is 3.94. The fourth-order valence-corrected chi connectivity index (χ4v) is 0.935. The SMILES string of the molecule is COc1ccc([N+](=O)[O-])cc1[N+](=O)[O-].C[O-].[Na+].